The summed E-state index contributed by atoms with van der Waals surface area (Å²) in [6.45, 7) is 2.04. The van der Waals surface area contributed by atoms with Gasteiger partial charge in [0.25, 0.3) is 0 Å². The zero-order chi connectivity index (χ0) is 22.7. The van der Waals surface area contributed by atoms with E-state index in [0.717, 1.165) is 11.4 Å². The minimum atomic E-state index is -0.505. The highest BCUT2D eigenvalue weighted by atomic mass is 16.6. The van der Waals surface area contributed by atoms with E-state index in [1.165, 1.54) is 0 Å². The lowest BCUT2D eigenvalue weighted by molar-refractivity contribution is -0.382. The second kappa shape index (κ2) is 8.98. The number of para-hydroxylation sites is 1. The molecule has 2 aromatic heterocycles. The average molecular weight is 434 g/mol. The van der Waals surface area contributed by atoms with Gasteiger partial charge in [0, 0.05) is 25.5 Å². The Bertz CT molecular complexity index is 1220. The van der Waals surface area contributed by atoms with Gasteiger partial charge in [-0.05, 0) is 47.6 Å². The Balaban J connectivity index is 2.00. The quantitative estimate of drug-likeness (QED) is 0.325. The first-order valence-corrected chi connectivity index (χ1v) is 10.0. The number of nitro groups is 1. The number of hydrogen-bond donors (Lipinski definition) is 1. The molecular weight excluding hydrogens is 412 g/mol. The van der Waals surface area contributed by atoms with E-state index in [-0.39, 0.29) is 35.9 Å². The number of nitro benzene ring substituents is 1. The third kappa shape index (κ3) is 3.83. The molecule has 10 heteroatoms. The summed E-state index contributed by atoms with van der Waals surface area (Å²) in [6, 6.07) is 16.7. The van der Waals surface area contributed by atoms with Crippen molar-refractivity contribution >= 4 is 33.8 Å². The van der Waals surface area contributed by atoms with Gasteiger partial charge in [-0.1, -0.05) is 24.3 Å². The third-order valence-electron chi connectivity index (χ3n) is 5.30. The molecule has 0 saturated carbocycles. The highest BCUT2D eigenvalue weighted by Crippen LogP contribution is 2.44. The molecule has 1 N–H and O–H groups in total. The summed E-state index contributed by atoms with van der Waals surface area (Å²) in [6.07, 6.45) is 1.72. The third-order valence-corrected chi connectivity index (χ3v) is 5.30. The predicted molar refractivity (Wildman–Crippen MR) is 120 cm³/mol. The summed E-state index contributed by atoms with van der Waals surface area (Å²) >= 11 is 0. The monoisotopic (exact) mass is 434 g/mol. The molecule has 10 nitrogen and oxygen atoms in total. The molecule has 2 heterocycles. The van der Waals surface area contributed by atoms with Gasteiger partial charge >= 0.3 is 5.69 Å². The Kier molecular flexibility index (Phi) is 5.95. The lowest BCUT2D eigenvalue weighted by atomic mass is 10.1. The lowest BCUT2D eigenvalue weighted by Gasteiger charge is -2.32. The lowest BCUT2D eigenvalue weighted by Crippen LogP contribution is -2.25. The second-order valence-corrected chi connectivity index (χ2v) is 7.26. The molecule has 0 aliphatic heterocycles. The van der Waals surface area contributed by atoms with Crippen LogP contribution in [-0.2, 0) is 0 Å². The van der Waals surface area contributed by atoms with Crippen LogP contribution in [0.25, 0.3) is 11.0 Å². The van der Waals surface area contributed by atoms with Crippen LogP contribution in [-0.4, -0.2) is 45.5 Å². The van der Waals surface area contributed by atoms with Crippen LogP contribution in [0.4, 0.5) is 22.7 Å². The number of nitrogens with zero attached hydrogens (tertiary/aromatic N) is 6. The van der Waals surface area contributed by atoms with Crippen molar-refractivity contribution in [3.63, 3.8) is 0 Å². The SMILES string of the molecule is CC(c1ccccn1)N(c1ccccc1)c1cc(N(C)CCO)c([N+](=O)[O-])c2nonc12. The number of likely N-dealkylation sites (N-methyl/N-ethyl adjacent to an activating group) is 1. The first kappa shape index (κ1) is 21.2. The van der Waals surface area contributed by atoms with Crippen molar-refractivity contribution in [1.82, 2.24) is 15.3 Å². The van der Waals surface area contributed by atoms with Crippen molar-refractivity contribution < 1.29 is 14.7 Å². The van der Waals surface area contributed by atoms with Crippen LogP contribution >= 0.6 is 0 Å². The van der Waals surface area contributed by atoms with Gasteiger partial charge in [0.1, 0.15) is 5.69 Å². The molecule has 1 atom stereocenters. The van der Waals surface area contributed by atoms with Crippen LogP contribution in [0.5, 0.6) is 0 Å². The van der Waals surface area contributed by atoms with Gasteiger partial charge in [0.05, 0.1) is 29.0 Å². The number of hydrogen-bond acceptors (Lipinski definition) is 9. The smallest absolute Gasteiger partial charge is 0.323 e. The molecule has 4 aromatic rings. The average Bonchev–Trinajstić information content (AvgIpc) is 3.30. The fourth-order valence-corrected chi connectivity index (χ4v) is 3.74. The van der Waals surface area contributed by atoms with Gasteiger partial charge in [-0.25, -0.2) is 4.63 Å². The van der Waals surface area contributed by atoms with E-state index in [4.69, 9.17) is 4.63 Å². The van der Waals surface area contributed by atoms with Crippen molar-refractivity contribution in [2.24, 2.45) is 0 Å². The Morgan fingerprint density at radius 3 is 2.47 bits per heavy atom. The number of anilines is 3. The summed E-state index contributed by atoms with van der Waals surface area (Å²) in [5.74, 6) is 0. The molecule has 4 rings (SSSR count). The molecule has 0 aliphatic carbocycles. The maximum Gasteiger partial charge on any atom is 0.323 e. The fourth-order valence-electron chi connectivity index (χ4n) is 3.74. The number of aliphatic hydroxyl groups excluding tert-OH is 1. The van der Waals surface area contributed by atoms with Gasteiger partial charge in [0.2, 0.25) is 5.52 Å². The standard InChI is InChI=1S/C22H22N6O4/c1-15(17-10-6-7-11-23-17)27(16-8-4-3-5-9-16)18-14-19(26(2)12-13-29)22(28(30)31)21-20(18)24-32-25-21/h3-11,14-15,29H,12-13H2,1-2H3. The summed E-state index contributed by atoms with van der Waals surface area (Å²) in [5, 5.41) is 29.2. The molecular formula is C22H22N6O4. The van der Waals surface area contributed by atoms with Gasteiger partial charge in [0.15, 0.2) is 5.52 Å². The van der Waals surface area contributed by atoms with Gasteiger partial charge in [-0.3, -0.25) is 15.1 Å². The van der Waals surface area contributed by atoms with Gasteiger partial charge in [-0.2, -0.15) is 0 Å². The summed E-state index contributed by atoms with van der Waals surface area (Å²) in [4.78, 5) is 19.5. The predicted octanol–water partition coefficient (Wildman–Crippen LogP) is 3.85. The highest BCUT2D eigenvalue weighted by Gasteiger charge is 2.31. The Hall–Kier alpha value is -4.05. The molecule has 0 aliphatic rings. The van der Waals surface area contributed by atoms with Crippen LogP contribution in [0.3, 0.4) is 0 Å². The Morgan fingerprint density at radius 1 is 1.09 bits per heavy atom. The molecule has 0 amide bonds. The molecule has 1 unspecified atom stereocenters. The van der Waals surface area contributed by atoms with Crippen molar-refractivity contribution in [2.75, 3.05) is 30.0 Å². The van der Waals surface area contributed by atoms with E-state index in [2.05, 4.69) is 15.3 Å². The topological polar surface area (TPSA) is 122 Å². The van der Waals surface area contributed by atoms with E-state index in [9.17, 15) is 15.2 Å². The summed E-state index contributed by atoms with van der Waals surface area (Å²) in [5.41, 5.74) is 2.63. The molecule has 0 bridgehead atoms. The number of aliphatic hydroxyl groups is 1. The van der Waals surface area contributed by atoms with Crippen molar-refractivity contribution in [2.45, 2.75) is 13.0 Å². The minimum Gasteiger partial charge on any atom is -0.395 e. The van der Waals surface area contributed by atoms with E-state index in [1.54, 1.807) is 24.2 Å². The molecule has 0 fully saturated rings. The number of aromatic nitrogens is 3. The zero-order valence-electron chi connectivity index (χ0n) is 17.6. The number of rotatable bonds is 8. The molecule has 32 heavy (non-hydrogen) atoms. The normalized spacial score (nSPS) is 12.0. The van der Waals surface area contributed by atoms with Gasteiger partial charge < -0.3 is 14.9 Å². The number of pyridine rings is 1. The zero-order valence-corrected chi connectivity index (χ0v) is 17.6. The first-order valence-electron chi connectivity index (χ1n) is 10.0. The molecule has 2 aromatic carbocycles. The van der Waals surface area contributed by atoms with E-state index < -0.39 is 4.92 Å². The Labute approximate surface area is 183 Å². The maximum absolute atomic E-state index is 11.9. The van der Waals surface area contributed by atoms with E-state index in [1.807, 2.05) is 60.4 Å². The van der Waals surface area contributed by atoms with Crippen LogP contribution in [0.1, 0.15) is 18.7 Å². The molecule has 164 valence electrons. The number of benzene rings is 2. The number of fused-ring (bicyclic) bond motifs is 1. The summed E-state index contributed by atoms with van der Waals surface area (Å²) in [7, 11) is 1.68. The van der Waals surface area contributed by atoms with Crippen LogP contribution in [0.15, 0.2) is 65.4 Å². The van der Waals surface area contributed by atoms with Crippen molar-refractivity contribution in [1.29, 1.82) is 0 Å². The first-order chi connectivity index (χ1) is 15.5. The molecule has 0 radical (unpaired) electrons. The molecule has 0 spiro atoms. The highest BCUT2D eigenvalue weighted by molar-refractivity contribution is 6.01. The van der Waals surface area contributed by atoms with Crippen molar-refractivity contribution in [3.05, 3.63) is 76.6 Å². The van der Waals surface area contributed by atoms with Crippen molar-refractivity contribution in [3.8, 4) is 0 Å². The summed E-state index contributed by atoms with van der Waals surface area (Å²) < 4.78 is 4.95. The minimum absolute atomic E-state index is 0.0430. The Morgan fingerprint density at radius 2 is 1.81 bits per heavy atom. The second-order valence-electron chi connectivity index (χ2n) is 7.26. The fraction of sp³-hybridized carbons (Fsp3) is 0.227. The van der Waals surface area contributed by atoms with Crippen LogP contribution in [0, 0.1) is 10.1 Å². The maximum atomic E-state index is 11.9. The van der Waals surface area contributed by atoms with Crippen LogP contribution in [0.2, 0.25) is 0 Å². The van der Waals surface area contributed by atoms with Crippen LogP contribution < -0.4 is 9.80 Å². The van der Waals surface area contributed by atoms with E-state index in [0.29, 0.717) is 11.4 Å². The largest absolute Gasteiger partial charge is 0.395 e. The van der Waals surface area contributed by atoms with E-state index >= 15 is 0 Å². The van der Waals surface area contributed by atoms with Gasteiger partial charge in [-0.15, -0.1) is 0 Å². The molecule has 0 saturated heterocycles.